The summed E-state index contributed by atoms with van der Waals surface area (Å²) in [5.74, 6) is 3.96. The Morgan fingerprint density at radius 1 is 1.07 bits per heavy atom. The van der Waals surface area contributed by atoms with Crippen LogP contribution in [0, 0.1) is 29.1 Å². The number of imide groups is 2. The second kappa shape index (κ2) is 10.8. The van der Waals surface area contributed by atoms with Crippen molar-refractivity contribution in [3.8, 4) is 17.9 Å². The molecule has 3 aliphatic heterocycles. The lowest BCUT2D eigenvalue weighted by Crippen LogP contribution is -2.54. The van der Waals surface area contributed by atoms with E-state index in [9.17, 15) is 24.0 Å². The summed E-state index contributed by atoms with van der Waals surface area (Å²) in [7, 11) is 0. The van der Waals surface area contributed by atoms with Crippen LogP contribution in [0.25, 0.3) is 0 Å². The maximum Gasteiger partial charge on any atom is 0.262 e. The number of nitrogens with one attached hydrogen (secondary N) is 2. The van der Waals surface area contributed by atoms with Crippen LogP contribution in [-0.4, -0.2) is 68.3 Å². The van der Waals surface area contributed by atoms with Crippen molar-refractivity contribution in [3.05, 3.63) is 71.3 Å². The van der Waals surface area contributed by atoms with Crippen molar-refractivity contribution in [2.24, 2.45) is 5.92 Å². The summed E-state index contributed by atoms with van der Waals surface area (Å²) in [4.78, 5) is 69.8. The summed E-state index contributed by atoms with van der Waals surface area (Å²) >= 11 is 0. The quantitative estimate of drug-likeness (QED) is 0.329. The topological polar surface area (TPSA) is 170 Å². The Morgan fingerprint density at radius 3 is 2.55 bits per heavy atom. The van der Waals surface area contributed by atoms with Gasteiger partial charge in [-0.05, 0) is 50.6 Å². The number of anilines is 2. The van der Waals surface area contributed by atoms with Gasteiger partial charge >= 0.3 is 0 Å². The number of carbonyl (C=O) groups is 5. The fraction of sp³-hybridized carbons (Fsp3) is 0.290. The van der Waals surface area contributed by atoms with E-state index in [4.69, 9.17) is 5.26 Å². The standard InChI is InChI=1S/C31H26N8O5/c1-31(2,30(44)35-21-6-5-20(12-32)33-14-21)38-17-18(13-34-38)3-4-19-15-37(16-19)22-7-8-23-24(11-22)29(43)39(28(23)42)25-9-10-26(40)36-27(25)41/h5-8,11,13-14,17,19,25H,9-10,15-16H2,1-2H3,(H,35,44)(H,36,40,41). The van der Waals surface area contributed by atoms with Crippen molar-refractivity contribution in [1.29, 1.82) is 5.26 Å². The van der Waals surface area contributed by atoms with E-state index in [1.54, 1.807) is 50.5 Å². The average molecular weight is 591 g/mol. The van der Waals surface area contributed by atoms with E-state index >= 15 is 0 Å². The molecule has 2 saturated heterocycles. The molecule has 13 heteroatoms. The number of hydrogen-bond donors (Lipinski definition) is 2. The minimum absolute atomic E-state index is 0.0594. The highest BCUT2D eigenvalue weighted by Gasteiger charge is 2.45. The van der Waals surface area contributed by atoms with Gasteiger partial charge in [-0.15, -0.1) is 0 Å². The van der Waals surface area contributed by atoms with Crippen molar-refractivity contribution >= 4 is 40.9 Å². The Bertz CT molecular complexity index is 1840. The maximum atomic E-state index is 13.1. The van der Waals surface area contributed by atoms with Gasteiger partial charge < -0.3 is 10.2 Å². The molecule has 0 aliphatic carbocycles. The SMILES string of the molecule is CC(C)(C(=O)Nc1ccc(C#N)nc1)n1cc(C#CC2CN(c3ccc4c(c3)C(=O)N(C3CCC(=O)NC3=O)C4=O)C2)cn1. The molecule has 5 heterocycles. The largest absolute Gasteiger partial charge is 0.369 e. The molecule has 1 unspecified atom stereocenters. The third kappa shape index (κ3) is 5.05. The molecule has 1 atom stereocenters. The smallest absolute Gasteiger partial charge is 0.262 e. The number of amides is 5. The summed E-state index contributed by atoms with van der Waals surface area (Å²) in [5, 5.41) is 18.2. The van der Waals surface area contributed by atoms with Gasteiger partial charge in [-0.1, -0.05) is 11.8 Å². The van der Waals surface area contributed by atoms with Gasteiger partial charge in [0.2, 0.25) is 11.8 Å². The van der Waals surface area contributed by atoms with Gasteiger partial charge in [0.25, 0.3) is 17.7 Å². The number of pyridine rings is 1. The second-order valence-electron chi connectivity index (χ2n) is 11.3. The highest BCUT2D eigenvalue weighted by molar-refractivity contribution is 6.23. The number of piperidine rings is 1. The molecular weight excluding hydrogens is 564 g/mol. The summed E-state index contributed by atoms with van der Waals surface area (Å²) in [6, 6.07) is 9.09. The van der Waals surface area contributed by atoms with Crippen molar-refractivity contribution in [2.45, 2.75) is 38.3 Å². The molecular formula is C31H26N8O5. The van der Waals surface area contributed by atoms with Crippen LogP contribution in [0.15, 0.2) is 48.9 Å². The number of fused-ring (bicyclic) bond motifs is 1. The van der Waals surface area contributed by atoms with Crippen LogP contribution in [0.2, 0.25) is 0 Å². The molecule has 0 saturated carbocycles. The van der Waals surface area contributed by atoms with E-state index < -0.39 is 35.2 Å². The lowest BCUT2D eigenvalue weighted by Gasteiger charge is -2.38. The van der Waals surface area contributed by atoms with E-state index in [1.807, 2.05) is 11.0 Å². The summed E-state index contributed by atoms with van der Waals surface area (Å²) in [5.41, 5.74) is 1.59. The van der Waals surface area contributed by atoms with E-state index in [1.165, 1.54) is 16.9 Å². The van der Waals surface area contributed by atoms with Gasteiger partial charge in [-0.25, -0.2) is 4.98 Å². The van der Waals surface area contributed by atoms with Gasteiger partial charge in [-0.2, -0.15) is 10.4 Å². The lowest BCUT2D eigenvalue weighted by molar-refractivity contribution is -0.136. The Balaban J connectivity index is 1.07. The Labute approximate surface area is 251 Å². The first-order valence-electron chi connectivity index (χ1n) is 13.9. The van der Waals surface area contributed by atoms with E-state index in [0.29, 0.717) is 24.3 Å². The molecule has 3 aliphatic rings. The number of aromatic nitrogens is 3. The van der Waals surface area contributed by atoms with Crippen LogP contribution in [0.5, 0.6) is 0 Å². The highest BCUT2D eigenvalue weighted by atomic mass is 16.2. The Hall–Kier alpha value is -5.82. The first kappa shape index (κ1) is 28.3. The minimum Gasteiger partial charge on any atom is -0.369 e. The molecule has 3 aromatic rings. The minimum atomic E-state index is -1.03. The zero-order chi connectivity index (χ0) is 31.2. The van der Waals surface area contributed by atoms with Crippen molar-refractivity contribution in [1.82, 2.24) is 25.0 Å². The van der Waals surface area contributed by atoms with Crippen LogP contribution in [-0.2, 0) is 19.9 Å². The molecule has 2 fully saturated rings. The predicted molar refractivity (Wildman–Crippen MR) is 155 cm³/mol. The molecule has 1 aromatic carbocycles. The first-order valence-corrected chi connectivity index (χ1v) is 13.9. The third-order valence-corrected chi connectivity index (χ3v) is 7.94. The predicted octanol–water partition coefficient (Wildman–Crippen LogP) is 1.41. The van der Waals surface area contributed by atoms with Gasteiger partial charge in [0.05, 0.1) is 40.7 Å². The summed E-state index contributed by atoms with van der Waals surface area (Å²) in [6.45, 7) is 4.69. The molecule has 5 amide bonds. The van der Waals surface area contributed by atoms with Crippen molar-refractivity contribution in [2.75, 3.05) is 23.3 Å². The highest BCUT2D eigenvalue weighted by Crippen LogP contribution is 2.33. The summed E-state index contributed by atoms with van der Waals surface area (Å²) < 4.78 is 1.54. The number of nitriles is 1. The monoisotopic (exact) mass is 590 g/mol. The molecule has 6 rings (SSSR count). The number of rotatable bonds is 5. The van der Waals surface area contributed by atoms with Gasteiger partial charge in [0, 0.05) is 31.4 Å². The fourth-order valence-corrected chi connectivity index (χ4v) is 5.24. The number of hydrogen-bond acceptors (Lipinski definition) is 9. The van der Waals surface area contributed by atoms with Crippen LogP contribution >= 0.6 is 0 Å². The molecule has 0 bridgehead atoms. The molecule has 2 N–H and O–H groups in total. The zero-order valence-electron chi connectivity index (χ0n) is 23.8. The zero-order valence-corrected chi connectivity index (χ0v) is 23.8. The second-order valence-corrected chi connectivity index (χ2v) is 11.3. The molecule has 0 spiro atoms. The van der Waals surface area contributed by atoms with Crippen LogP contribution in [0.1, 0.15) is 58.7 Å². The molecule has 44 heavy (non-hydrogen) atoms. The van der Waals surface area contributed by atoms with Gasteiger partial charge in [-0.3, -0.25) is 38.9 Å². The van der Waals surface area contributed by atoms with E-state index in [2.05, 4.69) is 32.6 Å². The van der Waals surface area contributed by atoms with Crippen molar-refractivity contribution in [3.63, 3.8) is 0 Å². The van der Waals surface area contributed by atoms with Crippen LogP contribution in [0.4, 0.5) is 11.4 Å². The molecule has 220 valence electrons. The van der Waals surface area contributed by atoms with Gasteiger partial charge in [0.1, 0.15) is 23.3 Å². The molecule has 2 aromatic heterocycles. The van der Waals surface area contributed by atoms with Gasteiger partial charge in [0.15, 0.2) is 0 Å². The maximum absolute atomic E-state index is 13.1. The third-order valence-electron chi connectivity index (χ3n) is 7.94. The van der Waals surface area contributed by atoms with Crippen LogP contribution < -0.4 is 15.5 Å². The summed E-state index contributed by atoms with van der Waals surface area (Å²) in [6.07, 6.45) is 4.90. The Morgan fingerprint density at radius 2 is 1.84 bits per heavy atom. The van der Waals surface area contributed by atoms with Crippen molar-refractivity contribution < 1.29 is 24.0 Å². The van der Waals surface area contributed by atoms with E-state index in [-0.39, 0.29) is 41.5 Å². The average Bonchev–Trinajstić information content (AvgIpc) is 3.56. The normalized spacial score (nSPS) is 18.2. The van der Waals surface area contributed by atoms with Crippen LogP contribution in [0.3, 0.4) is 0 Å². The fourth-order valence-electron chi connectivity index (χ4n) is 5.24. The van der Waals surface area contributed by atoms with E-state index in [0.717, 1.165) is 10.6 Å². The number of carbonyl (C=O) groups excluding carboxylic acids is 5. The number of benzene rings is 1. The lowest BCUT2D eigenvalue weighted by atomic mass is 9.98. The molecule has 0 radical (unpaired) electrons. The molecule has 13 nitrogen and oxygen atoms in total. The first-order chi connectivity index (χ1) is 21.0. The Kier molecular flexibility index (Phi) is 6.94. The number of nitrogens with zero attached hydrogens (tertiary/aromatic N) is 6.